The summed E-state index contributed by atoms with van der Waals surface area (Å²) < 4.78 is 22.5. The van der Waals surface area contributed by atoms with Crippen molar-refractivity contribution in [1.82, 2.24) is 0 Å². The highest BCUT2D eigenvalue weighted by Crippen LogP contribution is 2.00. The fourth-order valence-electron chi connectivity index (χ4n) is 0.718. The molecule has 1 N–H and O–H groups in total. The summed E-state index contributed by atoms with van der Waals surface area (Å²) in [5, 5.41) is 0. The van der Waals surface area contributed by atoms with E-state index >= 15 is 0 Å². The predicted molar refractivity (Wildman–Crippen MR) is 47.3 cm³/mol. The molecule has 0 radical (unpaired) electrons. The van der Waals surface area contributed by atoms with E-state index in [1.807, 2.05) is 30.3 Å². The Bertz CT molecular complexity index is 282. The number of hydrogen-bond donors (Lipinski definition) is 1. The van der Waals surface area contributed by atoms with Gasteiger partial charge >= 0.3 is 11.4 Å². The van der Waals surface area contributed by atoms with Crippen LogP contribution >= 0.6 is 0 Å². The zero-order valence-corrected chi connectivity index (χ0v) is 7.03. The fraction of sp³-hybridized carbons (Fsp3) is 0. The first-order chi connectivity index (χ1) is 5.79. The van der Waals surface area contributed by atoms with E-state index in [2.05, 4.69) is 4.18 Å². The molecule has 0 aliphatic heterocycles. The Kier molecular flexibility index (Phi) is 3.50. The number of rotatable bonds is 3. The lowest BCUT2D eigenvalue weighted by atomic mass is 10.2. The van der Waals surface area contributed by atoms with Gasteiger partial charge in [0.1, 0.15) is 6.26 Å². The van der Waals surface area contributed by atoms with Crippen LogP contribution in [0.4, 0.5) is 0 Å². The second-order valence-corrected chi connectivity index (χ2v) is 2.65. The zero-order chi connectivity index (χ0) is 8.81. The molecule has 0 bridgehead atoms. The van der Waals surface area contributed by atoms with E-state index in [9.17, 15) is 4.21 Å². The summed E-state index contributed by atoms with van der Waals surface area (Å²) in [7, 11) is 0. The maximum atomic E-state index is 10.0. The van der Waals surface area contributed by atoms with Crippen molar-refractivity contribution in [3.05, 3.63) is 42.2 Å². The number of hydrogen-bond acceptors (Lipinski definition) is 2. The van der Waals surface area contributed by atoms with Gasteiger partial charge in [-0.1, -0.05) is 30.3 Å². The van der Waals surface area contributed by atoms with Gasteiger partial charge in [-0.3, -0.25) is 4.55 Å². The van der Waals surface area contributed by atoms with Gasteiger partial charge in [0.2, 0.25) is 0 Å². The second kappa shape index (κ2) is 4.69. The van der Waals surface area contributed by atoms with E-state index in [1.165, 1.54) is 6.26 Å². The third-order valence-corrected chi connectivity index (χ3v) is 1.47. The minimum Gasteiger partial charge on any atom is -0.388 e. The van der Waals surface area contributed by atoms with Crippen molar-refractivity contribution < 1.29 is 12.9 Å². The molecule has 1 atom stereocenters. The minimum absolute atomic E-state index is 0.919. The van der Waals surface area contributed by atoms with Crippen LogP contribution in [0.1, 0.15) is 5.56 Å². The lowest BCUT2D eigenvalue weighted by Crippen LogP contribution is -1.85. The Hall–Kier alpha value is -1.13. The fourth-order valence-corrected chi connectivity index (χ4v) is 0.869. The van der Waals surface area contributed by atoms with E-state index in [0.29, 0.717) is 0 Å². The van der Waals surface area contributed by atoms with E-state index in [4.69, 9.17) is 4.55 Å². The molecule has 12 heavy (non-hydrogen) atoms. The molecule has 0 heterocycles. The molecule has 0 fully saturated rings. The third-order valence-electron chi connectivity index (χ3n) is 1.20. The van der Waals surface area contributed by atoms with Crippen molar-refractivity contribution in [2.75, 3.05) is 0 Å². The van der Waals surface area contributed by atoms with Crippen molar-refractivity contribution in [3.8, 4) is 0 Å². The van der Waals surface area contributed by atoms with E-state index in [-0.39, 0.29) is 0 Å². The first kappa shape index (κ1) is 8.96. The Morgan fingerprint density at radius 1 is 1.33 bits per heavy atom. The molecule has 4 heteroatoms. The molecular formula is C8H8O3S. The lowest BCUT2D eigenvalue weighted by molar-refractivity contribution is 0.422. The molecule has 1 rings (SSSR count). The molecule has 0 amide bonds. The quantitative estimate of drug-likeness (QED) is 0.575. The summed E-state index contributed by atoms with van der Waals surface area (Å²) >= 11 is -2.23. The average Bonchev–Trinajstić information content (AvgIpc) is 2.05. The lowest BCUT2D eigenvalue weighted by Gasteiger charge is -1.91. The molecular weight excluding hydrogens is 176 g/mol. The second-order valence-electron chi connectivity index (χ2n) is 2.03. The summed E-state index contributed by atoms with van der Waals surface area (Å²) in [4.78, 5) is 0. The molecule has 3 nitrogen and oxygen atoms in total. The minimum atomic E-state index is -2.23. The van der Waals surface area contributed by atoms with E-state index in [0.717, 1.165) is 5.56 Å². The number of benzene rings is 1. The van der Waals surface area contributed by atoms with Gasteiger partial charge in [-0.2, -0.15) is 4.21 Å². The molecule has 0 aromatic heterocycles. The average molecular weight is 184 g/mol. The maximum Gasteiger partial charge on any atom is 0.356 e. The smallest absolute Gasteiger partial charge is 0.356 e. The van der Waals surface area contributed by atoms with Crippen LogP contribution in [-0.2, 0) is 15.5 Å². The van der Waals surface area contributed by atoms with E-state index in [1.54, 1.807) is 6.08 Å². The van der Waals surface area contributed by atoms with Crippen LogP contribution in [0.2, 0.25) is 0 Å². The highest BCUT2D eigenvalue weighted by molar-refractivity contribution is 7.74. The first-order valence-electron chi connectivity index (χ1n) is 3.28. The van der Waals surface area contributed by atoms with Gasteiger partial charge in [-0.15, -0.1) is 0 Å². The van der Waals surface area contributed by atoms with Crippen LogP contribution in [0.25, 0.3) is 6.08 Å². The Morgan fingerprint density at radius 2 is 2.00 bits per heavy atom. The Balaban J connectivity index is 2.52. The normalized spacial score (nSPS) is 13.1. The van der Waals surface area contributed by atoms with Gasteiger partial charge in [0.25, 0.3) is 0 Å². The Labute approximate surface area is 73.2 Å². The predicted octanol–water partition coefficient (Wildman–Crippen LogP) is 1.81. The topological polar surface area (TPSA) is 46.5 Å². The Morgan fingerprint density at radius 3 is 2.58 bits per heavy atom. The van der Waals surface area contributed by atoms with Crippen LogP contribution in [0.5, 0.6) is 0 Å². The molecule has 64 valence electrons. The maximum absolute atomic E-state index is 10.0. The molecule has 0 aliphatic rings. The van der Waals surface area contributed by atoms with Crippen LogP contribution in [0, 0.1) is 0 Å². The standard InChI is InChI=1S/C8H8O3S/c9-12(10)11-7-6-8-4-2-1-3-5-8/h1-7H,(H,9,10). The summed E-state index contributed by atoms with van der Waals surface area (Å²) in [6, 6.07) is 9.36. The molecule has 0 aliphatic carbocycles. The third kappa shape index (κ3) is 3.32. The van der Waals surface area contributed by atoms with Crippen LogP contribution in [0.3, 0.4) is 0 Å². The molecule has 1 aromatic rings. The zero-order valence-electron chi connectivity index (χ0n) is 6.21. The van der Waals surface area contributed by atoms with Crippen molar-refractivity contribution in [2.45, 2.75) is 0 Å². The van der Waals surface area contributed by atoms with Crippen LogP contribution < -0.4 is 0 Å². The monoisotopic (exact) mass is 184 g/mol. The highest BCUT2D eigenvalue weighted by Gasteiger charge is 1.85. The van der Waals surface area contributed by atoms with Gasteiger partial charge in [0.05, 0.1) is 0 Å². The van der Waals surface area contributed by atoms with Gasteiger partial charge in [0.15, 0.2) is 0 Å². The van der Waals surface area contributed by atoms with Gasteiger partial charge in [0, 0.05) is 0 Å². The van der Waals surface area contributed by atoms with Crippen molar-refractivity contribution in [2.24, 2.45) is 0 Å². The van der Waals surface area contributed by atoms with Crippen LogP contribution in [-0.4, -0.2) is 8.76 Å². The molecule has 0 saturated carbocycles. The van der Waals surface area contributed by atoms with E-state index < -0.39 is 11.4 Å². The largest absolute Gasteiger partial charge is 0.388 e. The highest BCUT2D eigenvalue weighted by atomic mass is 32.2. The van der Waals surface area contributed by atoms with Crippen molar-refractivity contribution in [1.29, 1.82) is 0 Å². The van der Waals surface area contributed by atoms with Crippen LogP contribution in [0.15, 0.2) is 36.6 Å². The molecule has 0 spiro atoms. The SMILES string of the molecule is O=S(O)OC=Cc1ccccc1. The van der Waals surface area contributed by atoms with Gasteiger partial charge in [-0.25, -0.2) is 0 Å². The summed E-state index contributed by atoms with van der Waals surface area (Å²) in [5.41, 5.74) is 0.919. The summed E-state index contributed by atoms with van der Waals surface area (Å²) in [6.45, 7) is 0. The van der Waals surface area contributed by atoms with Crippen molar-refractivity contribution in [3.63, 3.8) is 0 Å². The molecule has 1 aromatic carbocycles. The molecule has 0 saturated heterocycles. The van der Waals surface area contributed by atoms with Gasteiger partial charge < -0.3 is 4.18 Å². The summed E-state index contributed by atoms with van der Waals surface area (Å²) in [6.07, 6.45) is 2.79. The van der Waals surface area contributed by atoms with Crippen molar-refractivity contribution >= 4 is 17.4 Å². The van der Waals surface area contributed by atoms with Gasteiger partial charge in [-0.05, 0) is 11.6 Å². The first-order valence-corrected chi connectivity index (χ1v) is 4.32. The summed E-state index contributed by atoms with van der Waals surface area (Å²) in [5.74, 6) is 0. The molecule has 1 unspecified atom stereocenters.